The van der Waals surface area contributed by atoms with Crippen LogP contribution in [-0.2, 0) is 9.59 Å². The number of ether oxygens (including phenoxy) is 1. The quantitative estimate of drug-likeness (QED) is 0.391. The van der Waals surface area contributed by atoms with Crippen LogP contribution in [0.1, 0.15) is 17.3 Å². The average molecular weight is 422 g/mol. The summed E-state index contributed by atoms with van der Waals surface area (Å²) in [6.45, 7) is 0. The fraction of sp³-hybridized carbons (Fsp3) is 0.0870. The SMILES string of the molecule is COc1ccc(F)cc1/C(O)=C1\C(=O)C(=O)N(c2ccc(F)cc2)C1c1ccccn1. The van der Waals surface area contributed by atoms with Crippen LogP contribution in [0.2, 0.25) is 0 Å². The van der Waals surface area contributed by atoms with Crippen molar-refractivity contribution in [2.24, 2.45) is 0 Å². The van der Waals surface area contributed by atoms with Crippen LogP contribution in [-0.4, -0.2) is 28.9 Å². The number of hydrogen-bond donors (Lipinski definition) is 1. The monoisotopic (exact) mass is 422 g/mol. The summed E-state index contributed by atoms with van der Waals surface area (Å²) < 4.78 is 32.5. The van der Waals surface area contributed by atoms with Gasteiger partial charge in [0.15, 0.2) is 0 Å². The maximum atomic E-state index is 13.9. The Balaban J connectivity index is 1.97. The number of aromatic nitrogens is 1. The molecule has 0 spiro atoms. The number of nitrogens with zero attached hydrogens (tertiary/aromatic N) is 2. The minimum absolute atomic E-state index is 0.0828. The zero-order chi connectivity index (χ0) is 22.1. The van der Waals surface area contributed by atoms with E-state index in [4.69, 9.17) is 4.74 Å². The van der Waals surface area contributed by atoms with E-state index in [0.717, 1.165) is 29.2 Å². The van der Waals surface area contributed by atoms with Gasteiger partial charge >= 0.3 is 0 Å². The Labute approximate surface area is 176 Å². The average Bonchev–Trinajstić information content (AvgIpc) is 3.05. The van der Waals surface area contributed by atoms with Crippen molar-refractivity contribution in [1.82, 2.24) is 4.98 Å². The molecule has 6 nitrogen and oxygen atoms in total. The van der Waals surface area contributed by atoms with Crippen LogP contribution in [0.15, 0.2) is 72.4 Å². The van der Waals surface area contributed by atoms with Crippen LogP contribution in [0.25, 0.3) is 5.76 Å². The first-order chi connectivity index (χ1) is 14.9. The molecule has 1 aromatic heterocycles. The van der Waals surface area contributed by atoms with Crippen molar-refractivity contribution < 1.29 is 28.2 Å². The number of aliphatic hydroxyl groups excluding tert-OH is 1. The van der Waals surface area contributed by atoms with E-state index in [1.807, 2.05) is 0 Å². The molecule has 1 fully saturated rings. The minimum Gasteiger partial charge on any atom is -0.507 e. The molecule has 0 saturated carbocycles. The number of anilines is 1. The molecule has 3 aromatic rings. The van der Waals surface area contributed by atoms with Crippen LogP contribution in [0, 0.1) is 11.6 Å². The Hall–Kier alpha value is -4.07. The molecule has 31 heavy (non-hydrogen) atoms. The molecule has 1 aliphatic rings. The first-order valence-corrected chi connectivity index (χ1v) is 9.23. The van der Waals surface area contributed by atoms with Crippen LogP contribution >= 0.6 is 0 Å². The Morgan fingerprint density at radius 2 is 1.74 bits per heavy atom. The molecule has 4 rings (SSSR count). The molecule has 1 amide bonds. The van der Waals surface area contributed by atoms with Gasteiger partial charge in [-0.1, -0.05) is 6.07 Å². The van der Waals surface area contributed by atoms with Gasteiger partial charge in [-0.15, -0.1) is 0 Å². The summed E-state index contributed by atoms with van der Waals surface area (Å²) >= 11 is 0. The topological polar surface area (TPSA) is 79.7 Å². The highest BCUT2D eigenvalue weighted by molar-refractivity contribution is 6.51. The molecule has 1 atom stereocenters. The fourth-order valence-electron chi connectivity index (χ4n) is 3.53. The minimum atomic E-state index is -1.11. The van der Waals surface area contributed by atoms with Crippen molar-refractivity contribution in [3.05, 3.63) is 95.3 Å². The number of aliphatic hydroxyl groups is 1. The molecule has 0 radical (unpaired) electrons. The summed E-state index contributed by atoms with van der Waals surface area (Å²) in [7, 11) is 1.33. The number of carbonyl (C=O) groups is 2. The van der Waals surface area contributed by atoms with Crippen LogP contribution in [0.5, 0.6) is 5.75 Å². The van der Waals surface area contributed by atoms with Gasteiger partial charge in [0.05, 0.1) is 23.9 Å². The lowest BCUT2D eigenvalue weighted by Gasteiger charge is -2.24. The second-order valence-corrected chi connectivity index (χ2v) is 6.74. The van der Waals surface area contributed by atoms with Crippen LogP contribution in [0.3, 0.4) is 0 Å². The Bertz CT molecular complexity index is 1190. The van der Waals surface area contributed by atoms with E-state index < -0.39 is 35.1 Å². The Morgan fingerprint density at radius 3 is 2.39 bits per heavy atom. The van der Waals surface area contributed by atoms with Crippen LogP contribution < -0.4 is 9.64 Å². The highest BCUT2D eigenvalue weighted by atomic mass is 19.1. The standard InChI is InChI=1S/C23H16F2N2O4/c1-31-18-10-7-14(25)12-16(18)21(28)19-20(17-4-2-3-11-26-17)27(23(30)22(19)29)15-8-5-13(24)6-9-15/h2-12,20,28H,1H3/b21-19+. The van der Waals surface area contributed by atoms with E-state index in [2.05, 4.69) is 4.98 Å². The first-order valence-electron chi connectivity index (χ1n) is 9.23. The number of halogens is 2. The Kier molecular flexibility index (Phi) is 5.21. The van der Waals surface area contributed by atoms with E-state index in [1.165, 1.54) is 31.5 Å². The van der Waals surface area contributed by atoms with Gasteiger partial charge in [0.2, 0.25) is 0 Å². The normalized spacial score (nSPS) is 17.8. The van der Waals surface area contributed by atoms with Crippen molar-refractivity contribution in [3.8, 4) is 5.75 Å². The summed E-state index contributed by atoms with van der Waals surface area (Å²) in [5.74, 6) is -3.58. The van der Waals surface area contributed by atoms with Crippen molar-refractivity contribution in [2.45, 2.75) is 6.04 Å². The molecule has 2 heterocycles. The third-order valence-corrected chi connectivity index (χ3v) is 4.93. The van der Waals surface area contributed by atoms with E-state index in [0.29, 0.717) is 5.69 Å². The van der Waals surface area contributed by atoms with Crippen molar-refractivity contribution in [3.63, 3.8) is 0 Å². The second kappa shape index (κ2) is 7.98. The maximum Gasteiger partial charge on any atom is 0.300 e. The number of hydrogen-bond acceptors (Lipinski definition) is 5. The van der Waals surface area contributed by atoms with Gasteiger partial charge < -0.3 is 9.84 Å². The molecule has 2 aromatic carbocycles. The third-order valence-electron chi connectivity index (χ3n) is 4.93. The van der Waals surface area contributed by atoms with Gasteiger partial charge in [-0.2, -0.15) is 0 Å². The molecule has 156 valence electrons. The number of methoxy groups -OCH3 is 1. The number of ketones is 1. The summed E-state index contributed by atoms with van der Waals surface area (Å²) in [6.07, 6.45) is 1.48. The molecular formula is C23H16F2N2O4. The molecule has 0 aliphatic carbocycles. The van der Waals surface area contributed by atoms with E-state index in [9.17, 15) is 23.5 Å². The lowest BCUT2D eigenvalue weighted by Crippen LogP contribution is -2.29. The second-order valence-electron chi connectivity index (χ2n) is 6.74. The molecule has 1 N–H and O–H groups in total. The zero-order valence-electron chi connectivity index (χ0n) is 16.3. The predicted octanol–water partition coefficient (Wildman–Crippen LogP) is 3.99. The molecule has 1 saturated heterocycles. The lowest BCUT2D eigenvalue weighted by atomic mass is 9.97. The third kappa shape index (κ3) is 3.52. The molecular weight excluding hydrogens is 406 g/mol. The number of rotatable bonds is 4. The van der Waals surface area contributed by atoms with Crippen molar-refractivity contribution in [2.75, 3.05) is 12.0 Å². The molecule has 8 heteroatoms. The molecule has 0 bridgehead atoms. The van der Waals surface area contributed by atoms with Gasteiger partial charge in [-0.05, 0) is 54.6 Å². The zero-order valence-corrected chi connectivity index (χ0v) is 16.3. The summed E-state index contributed by atoms with van der Waals surface area (Å²) in [6, 6.07) is 12.2. The first kappa shape index (κ1) is 20.2. The predicted molar refractivity (Wildman–Crippen MR) is 108 cm³/mol. The molecule has 1 aliphatic heterocycles. The highest BCUT2D eigenvalue weighted by Gasteiger charge is 2.47. The van der Waals surface area contributed by atoms with E-state index >= 15 is 0 Å². The van der Waals surface area contributed by atoms with Crippen LogP contribution in [0.4, 0.5) is 14.5 Å². The summed E-state index contributed by atoms with van der Waals surface area (Å²) in [5, 5.41) is 11.0. The summed E-state index contributed by atoms with van der Waals surface area (Å²) in [5.41, 5.74) is 0.171. The Morgan fingerprint density at radius 1 is 1.03 bits per heavy atom. The van der Waals surface area contributed by atoms with Gasteiger partial charge in [-0.25, -0.2) is 8.78 Å². The fourth-order valence-corrected chi connectivity index (χ4v) is 3.53. The van der Waals surface area contributed by atoms with Gasteiger partial charge in [0.25, 0.3) is 11.7 Å². The number of amides is 1. The van der Waals surface area contributed by atoms with Gasteiger partial charge in [0, 0.05) is 11.9 Å². The smallest absolute Gasteiger partial charge is 0.300 e. The number of pyridine rings is 1. The van der Waals surface area contributed by atoms with E-state index in [1.54, 1.807) is 18.2 Å². The van der Waals surface area contributed by atoms with Crippen molar-refractivity contribution in [1.29, 1.82) is 0 Å². The highest BCUT2D eigenvalue weighted by Crippen LogP contribution is 2.42. The van der Waals surface area contributed by atoms with Gasteiger partial charge in [0.1, 0.15) is 29.2 Å². The van der Waals surface area contributed by atoms with Gasteiger partial charge in [-0.3, -0.25) is 19.5 Å². The number of benzene rings is 2. The summed E-state index contributed by atoms with van der Waals surface area (Å²) in [4.78, 5) is 31.3. The maximum absolute atomic E-state index is 13.9. The number of carbonyl (C=O) groups excluding carboxylic acids is 2. The number of Topliss-reactive ketones (excluding diaryl/α,β-unsaturated/α-hetero) is 1. The van der Waals surface area contributed by atoms with Crippen molar-refractivity contribution >= 4 is 23.1 Å². The van der Waals surface area contributed by atoms with E-state index in [-0.39, 0.29) is 22.6 Å². The lowest BCUT2D eigenvalue weighted by molar-refractivity contribution is -0.132. The molecule has 1 unspecified atom stereocenters. The largest absolute Gasteiger partial charge is 0.507 e.